The Hall–Kier alpha value is -1.58. The number of nitrogens with zero attached hydrogens (tertiary/aromatic N) is 1. The van der Waals surface area contributed by atoms with Crippen LogP contribution in [-0.2, 0) is 4.84 Å². The van der Waals surface area contributed by atoms with Gasteiger partial charge in [0.1, 0.15) is 0 Å². The summed E-state index contributed by atoms with van der Waals surface area (Å²) in [6, 6.07) is 8.45. The Morgan fingerprint density at radius 1 is 1.31 bits per heavy atom. The van der Waals surface area contributed by atoms with Crippen LogP contribution in [0, 0.1) is 24.0 Å². The molecular weight excluding hydrogens is 170 g/mol. The molecule has 0 aliphatic rings. The number of rotatable bonds is 1. The normalized spacial score (nSPS) is 8.23. The molecule has 0 aliphatic heterocycles. The summed E-state index contributed by atoms with van der Waals surface area (Å²) in [4.78, 5) is 12.4. The topological polar surface area (TPSA) is 52.4 Å². The van der Waals surface area contributed by atoms with E-state index in [1.54, 1.807) is 0 Å². The zero-order chi connectivity index (χ0) is 10.3. The SMILES string of the molecule is CO[N+](=O)[O-].Cc1cccc(C)c1. The number of aryl methyl sites for hydroxylation is 2. The van der Waals surface area contributed by atoms with Crippen molar-refractivity contribution in [3.05, 3.63) is 45.5 Å². The Morgan fingerprint density at radius 3 is 1.85 bits per heavy atom. The minimum Gasteiger partial charge on any atom is -0.317 e. The maximum atomic E-state index is 8.95. The highest BCUT2D eigenvalue weighted by molar-refractivity contribution is 5.20. The molecule has 4 nitrogen and oxygen atoms in total. The average Bonchev–Trinajstić information content (AvgIpc) is 2.05. The monoisotopic (exact) mass is 183 g/mol. The molecular formula is C9H13NO3. The van der Waals surface area contributed by atoms with Crippen molar-refractivity contribution in [1.29, 1.82) is 0 Å². The van der Waals surface area contributed by atoms with Gasteiger partial charge < -0.3 is 4.84 Å². The predicted molar refractivity (Wildman–Crippen MR) is 49.9 cm³/mol. The van der Waals surface area contributed by atoms with Crippen LogP contribution >= 0.6 is 0 Å². The van der Waals surface area contributed by atoms with Crippen LogP contribution in [0.25, 0.3) is 0 Å². The number of hydrogen-bond donors (Lipinski definition) is 0. The molecule has 1 aromatic carbocycles. The first-order chi connectivity index (χ1) is 6.06. The van der Waals surface area contributed by atoms with Crippen LogP contribution in [0.5, 0.6) is 0 Å². The van der Waals surface area contributed by atoms with E-state index >= 15 is 0 Å². The van der Waals surface area contributed by atoms with Gasteiger partial charge in [-0.25, -0.2) is 0 Å². The summed E-state index contributed by atoms with van der Waals surface area (Å²) in [5.41, 5.74) is 2.68. The van der Waals surface area contributed by atoms with Crippen LogP contribution in [0.15, 0.2) is 24.3 Å². The van der Waals surface area contributed by atoms with Gasteiger partial charge >= 0.3 is 0 Å². The second-order valence-electron chi connectivity index (χ2n) is 2.56. The third-order valence-electron chi connectivity index (χ3n) is 1.32. The molecule has 0 aliphatic carbocycles. The maximum absolute atomic E-state index is 8.95. The molecule has 0 N–H and O–H groups in total. The van der Waals surface area contributed by atoms with Crippen LogP contribution in [0.4, 0.5) is 0 Å². The molecule has 0 spiro atoms. The van der Waals surface area contributed by atoms with Gasteiger partial charge in [-0.1, -0.05) is 35.4 Å². The molecule has 4 heteroatoms. The quantitative estimate of drug-likeness (QED) is 0.495. The fourth-order valence-corrected chi connectivity index (χ4v) is 0.807. The molecule has 1 rings (SSSR count). The molecule has 0 unspecified atom stereocenters. The second kappa shape index (κ2) is 5.99. The first kappa shape index (κ1) is 11.4. The van der Waals surface area contributed by atoms with E-state index in [1.165, 1.54) is 11.1 Å². The van der Waals surface area contributed by atoms with E-state index in [0.717, 1.165) is 7.11 Å². The molecule has 72 valence electrons. The van der Waals surface area contributed by atoms with Gasteiger partial charge in [0.2, 0.25) is 0 Å². The predicted octanol–water partition coefficient (Wildman–Crippen LogP) is 2.13. The summed E-state index contributed by atoms with van der Waals surface area (Å²) in [6.45, 7) is 4.21. The van der Waals surface area contributed by atoms with Gasteiger partial charge in [0, 0.05) is 0 Å². The van der Waals surface area contributed by atoms with Crippen LogP contribution in [0.2, 0.25) is 0 Å². The summed E-state index contributed by atoms with van der Waals surface area (Å²) >= 11 is 0. The molecule has 0 bridgehead atoms. The lowest BCUT2D eigenvalue weighted by atomic mass is 10.2. The summed E-state index contributed by atoms with van der Waals surface area (Å²) in [5.74, 6) is 0. The highest BCUT2D eigenvalue weighted by Gasteiger charge is 1.80. The van der Waals surface area contributed by atoms with Gasteiger partial charge in [-0.15, -0.1) is 10.1 Å². The van der Waals surface area contributed by atoms with Crippen molar-refractivity contribution in [1.82, 2.24) is 0 Å². The molecule has 13 heavy (non-hydrogen) atoms. The van der Waals surface area contributed by atoms with E-state index in [9.17, 15) is 0 Å². The highest BCUT2D eigenvalue weighted by Crippen LogP contribution is 2.00. The molecule has 0 saturated heterocycles. The van der Waals surface area contributed by atoms with Gasteiger partial charge in [-0.05, 0) is 13.8 Å². The van der Waals surface area contributed by atoms with E-state index in [-0.39, 0.29) is 0 Å². The van der Waals surface area contributed by atoms with Crippen molar-refractivity contribution in [3.8, 4) is 0 Å². The zero-order valence-electron chi connectivity index (χ0n) is 7.98. The minimum absolute atomic E-state index is 0.875. The van der Waals surface area contributed by atoms with Crippen molar-refractivity contribution in [2.75, 3.05) is 7.11 Å². The van der Waals surface area contributed by atoms with Crippen LogP contribution in [0.3, 0.4) is 0 Å². The summed E-state index contributed by atoms with van der Waals surface area (Å²) < 4.78 is 0. The zero-order valence-corrected chi connectivity index (χ0v) is 7.98. The smallest absolute Gasteiger partial charge is 0.294 e. The fraction of sp³-hybridized carbons (Fsp3) is 0.333. The molecule has 0 atom stereocenters. The molecule has 1 aromatic rings. The van der Waals surface area contributed by atoms with E-state index in [0.29, 0.717) is 0 Å². The number of benzene rings is 1. The van der Waals surface area contributed by atoms with Crippen molar-refractivity contribution < 1.29 is 9.92 Å². The lowest BCUT2D eigenvalue weighted by Gasteiger charge is -1.90. The Morgan fingerprint density at radius 2 is 1.69 bits per heavy atom. The van der Waals surface area contributed by atoms with Gasteiger partial charge in [-0.2, -0.15) is 0 Å². The van der Waals surface area contributed by atoms with Gasteiger partial charge in [0.25, 0.3) is 5.09 Å². The Bertz CT molecular complexity index is 256. The van der Waals surface area contributed by atoms with E-state index in [4.69, 9.17) is 10.1 Å². The van der Waals surface area contributed by atoms with Crippen LogP contribution in [0.1, 0.15) is 11.1 Å². The lowest BCUT2D eigenvalue weighted by Crippen LogP contribution is -1.91. The van der Waals surface area contributed by atoms with Gasteiger partial charge in [-0.3, -0.25) is 0 Å². The number of hydrogen-bond acceptors (Lipinski definition) is 3. The third-order valence-corrected chi connectivity index (χ3v) is 1.32. The van der Waals surface area contributed by atoms with Gasteiger partial charge in [0.05, 0.1) is 7.11 Å². The molecule has 0 saturated carbocycles. The first-order valence-electron chi connectivity index (χ1n) is 3.78. The molecule has 0 radical (unpaired) electrons. The Labute approximate surface area is 77.3 Å². The van der Waals surface area contributed by atoms with E-state index in [1.807, 2.05) is 0 Å². The van der Waals surface area contributed by atoms with E-state index < -0.39 is 5.09 Å². The van der Waals surface area contributed by atoms with Crippen LogP contribution in [-0.4, -0.2) is 12.2 Å². The van der Waals surface area contributed by atoms with Crippen molar-refractivity contribution in [2.45, 2.75) is 13.8 Å². The fourth-order valence-electron chi connectivity index (χ4n) is 0.807. The molecule has 0 fully saturated rings. The maximum Gasteiger partial charge on any atom is 0.294 e. The molecule has 0 amide bonds. The van der Waals surface area contributed by atoms with Crippen molar-refractivity contribution in [3.63, 3.8) is 0 Å². The van der Waals surface area contributed by atoms with E-state index in [2.05, 4.69) is 43.0 Å². The lowest BCUT2D eigenvalue weighted by molar-refractivity contribution is -0.749. The average molecular weight is 183 g/mol. The summed E-state index contributed by atoms with van der Waals surface area (Å²) in [5, 5.41) is 8.08. The van der Waals surface area contributed by atoms with Crippen molar-refractivity contribution in [2.24, 2.45) is 0 Å². The Balaban J connectivity index is 0.000000252. The second-order valence-corrected chi connectivity index (χ2v) is 2.56. The third kappa shape index (κ3) is 6.80. The largest absolute Gasteiger partial charge is 0.317 e. The summed E-state index contributed by atoms with van der Waals surface area (Å²) in [6.07, 6.45) is 0. The van der Waals surface area contributed by atoms with Crippen LogP contribution < -0.4 is 0 Å². The minimum atomic E-state index is -0.875. The molecule has 0 aromatic heterocycles. The molecule has 0 heterocycles. The first-order valence-corrected chi connectivity index (χ1v) is 3.78. The van der Waals surface area contributed by atoms with Gasteiger partial charge in [0.15, 0.2) is 0 Å². The summed E-state index contributed by atoms with van der Waals surface area (Å²) in [7, 11) is 1.00. The Kier molecular flexibility index (Phi) is 5.27. The standard InChI is InChI=1S/C8H10.CH3NO3/c1-7-4-3-5-8(2)6-7;1-5-2(3)4/h3-6H,1-2H3;1H3. The highest BCUT2D eigenvalue weighted by atomic mass is 16.9. The van der Waals surface area contributed by atoms with Crippen molar-refractivity contribution >= 4 is 0 Å².